The van der Waals surface area contributed by atoms with Crippen LogP contribution in [-0.2, 0) is 42.9 Å². The van der Waals surface area contributed by atoms with Crippen molar-refractivity contribution < 1.29 is 58.2 Å². The van der Waals surface area contributed by atoms with Crippen LogP contribution < -0.4 is 0 Å². The lowest BCUT2D eigenvalue weighted by atomic mass is 9.98. The van der Waals surface area contributed by atoms with Gasteiger partial charge in [-0.05, 0) is 44.9 Å². The van der Waals surface area contributed by atoms with E-state index in [0.717, 1.165) is 70.6 Å². The first kappa shape index (κ1) is 68.5. The van der Waals surface area contributed by atoms with Crippen LogP contribution in [0.5, 0.6) is 0 Å². The number of aliphatic hydroxyl groups is 2. The van der Waals surface area contributed by atoms with E-state index in [9.17, 15) is 34.5 Å². The minimum absolute atomic E-state index is 0.0676. The van der Waals surface area contributed by atoms with Gasteiger partial charge in [0.2, 0.25) is 0 Å². The fourth-order valence-corrected chi connectivity index (χ4v) is 9.60. The number of ether oxygens (including phenoxy) is 5. The average molecular weight is 1040 g/mol. The molecule has 1 rings (SSSR count). The van der Waals surface area contributed by atoms with Crippen molar-refractivity contribution in [1.82, 2.24) is 0 Å². The van der Waals surface area contributed by atoms with E-state index in [-0.39, 0.29) is 25.9 Å². The SMILES string of the molecule is CCCCCCCC/C=C\CCCCCCCCCC(=O)OCC(COC1OC(C(=O)O)C(O)C(O)C1OC(=O)CCCCCCCCCCCCC)OC(=O)CCCCCCCCCCCCCCCCC. The van der Waals surface area contributed by atoms with Gasteiger partial charge < -0.3 is 39.0 Å². The van der Waals surface area contributed by atoms with Crippen LogP contribution in [0.25, 0.3) is 0 Å². The van der Waals surface area contributed by atoms with Gasteiger partial charge in [0.15, 0.2) is 24.6 Å². The van der Waals surface area contributed by atoms with Crippen LogP contribution in [0.4, 0.5) is 0 Å². The highest BCUT2D eigenvalue weighted by atomic mass is 16.7. The number of rotatable bonds is 53. The highest BCUT2D eigenvalue weighted by Crippen LogP contribution is 2.27. The van der Waals surface area contributed by atoms with Crippen LogP contribution in [0, 0.1) is 0 Å². The van der Waals surface area contributed by atoms with Crippen molar-refractivity contribution in [2.24, 2.45) is 0 Å². The third-order valence-electron chi connectivity index (χ3n) is 14.3. The number of hydrogen-bond acceptors (Lipinski definition) is 11. The molecule has 1 saturated heterocycles. The van der Waals surface area contributed by atoms with Gasteiger partial charge in [-0.1, -0.05) is 251 Å². The van der Waals surface area contributed by atoms with Gasteiger partial charge >= 0.3 is 23.9 Å². The van der Waals surface area contributed by atoms with Crippen molar-refractivity contribution in [3.05, 3.63) is 12.2 Å². The van der Waals surface area contributed by atoms with E-state index in [1.54, 1.807) is 0 Å². The largest absolute Gasteiger partial charge is 0.479 e. The first-order valence-electron chi connectivity index (χ1n) is 30.7. The zero-order valence-corrected chi connectivity index (χ0v) is 47.2. The first-order chi connectivity index (χ1) is 35.6. The molecular weight excluding hydrogens is 925 g/mol. The molecule has 1 aliphatic heterocycles. The van der Waals surface area contributed by atoms with E-state index in [4.69, 9.17) is 23.7 Å². The number of allylic oxidation sites excluding steroid dienone is 2. The monoisotopic (exact) mass is 1040 g/mol. The summed E-state index contributed by atoms with van der Waals surface area (Å²) in [5, 5.41) is 31.4. The molecule has 0 aliphatic carbocycles. The second-order valence-corrected chi connectivity index (χ2v) is 21.4. The Kier molecular flexibility index (Phi) is 47.2. The number of aliphatic carboxylic acids is 1. The van der Waals surface area contributed by atoms with Crippen LogP contribution in [0.15, 0.2) is 12.2 Å². The highest BCUT2D eigenvalue weighted by Gasteiger charge is 2.50. The highest BCUT2D eigenvalue weighted by molar-refractivity contribution is 5.74. The van der Waals surface area contributed by atoms with Gasteiger partial charge in [0.1, 0.15) is 18.8 Å². The number of aliphatic hydroxyl groups excluding tert-OH is 2. The van der Waals surface area contributed by atoms with Gasteiger partial charge in [-0.3, -0.25) is 14.4 Å². The Labute approximate surface area is 446 Å². The summed E-state index contributed by atoms with van der Waals surface area (Å²) in [5.41, 5.74) is 0. The molecule has 1 fully saturated rings. The summed E-state index contributed by atoms with van der Waals surface area (Å²) in [6.45, 7) is 6.01. The number of hydrogen-bond donors (Lipinski definition) is 3. The summed E-state index contributed by atoms with van der Waals surface area (Å²) < 4.78 is 28.5. The van der Waals surface area contributed by atoms with Crippen LogP contribution in [-0.4, -0.2) is 89.2 Å². The number of carbonyl (C=O) groups is 4. The maximum absolute atomic E-state index is 13.1. The molecule has 0 bridgehead atoms. The maximum atomic E-state index is 13.1. The molecule has 73 heavy (non-hydrogen) atoms. The van der Waals surface area contributed by atoms with Gasteiger partial charge in [-0.2, -0.15) is 0 Å². The minimum atomic E-state index is -1.89. The van der Waals surface area contributed by atoms with E-state index in [0.29, 0.717) is 19.3 Å². The molecule has 6 atom stereocenters. The first-order valence-corrected chi connectivity index (χ1v) is 30.7. The van der Waals surface area contributed by atoms with Gasteiger partial charge in [0.25, 0.3) is 0 Å². The summed E-state index contributed by atoms with van der Waals surface area (Å²) in [6.07, 6.45) is 43.2. The molecule has 12 heteroatoms. The fraction of sp³-hybridized carbons (Fsp3) is 0.902. The molecule has 1 aliphatic rings. The maximum Gasteiger partial charge on any atom is 0.335 e. The van der Waals surface area contributed by atoms with Crippen molar-refractivity contribution in [2.75, 3.05) is 13.2 Å². The van der Waals surface area contributed by atoms with Gasteiger partial charge in [0.05, 0.1) is 6.61 Å². The number of carboxylic acid groups (broad SMARTS) is 1. The lowest BCUT2D eigenvalue weighted by Crippen LogP contribution is -2.61. The zero-order chi connectivity index (χ0) is 53.3. The Morgan fingerprint density at radius 2 is 0.781 bits per heavy atom. The molecule has 6 unspecified atom stereocenters. The van der Waals surface area contributed by atoms with E-state index >= 15 is 0 Å². The number of carboxylic acids is 1. The molecule has 0 amide bonds. The number of esters is 3. The van der Waals surface area contributed by atoms with E-state index in [2.05, 4.69) is 32.9 Å². The molecule has 0 aromatic carbocycles. The van der Waals surface area contributed by atoms with E-state index in [1.165, 1.54) is 173 Å². The molecular formula is C61H112O12. The van der Waals surface area contributed by atoms with Gasteiger partial charge in [-0.25, -0.2) is 4.79 Å². The summed E-state index contributed by atoms with van der Waals surface area (Å²) in [7, 11) is 0. The quantitative estimate of drug-likeness (QED) is 0.0228. The molecule has 12 nitrogen and oxygen atoms in total. The van der Waals surface area contributed by atoms with Crippen molar-refractivity contribution in [1.29, 1.82) is 0 Å². The van der Waals surface area contributed by atoms with Crippen molar-refractivity contribution in [3.63, 3.8) is 0 Å². The molecule has 0 saturated carbocycles. The zero-order valence-electron chi connectivity index (χ0n) is 47.2. The standard InChI is InChI=1S/C61H112O12/c1-4-7-10-13-16-19-22-24-26-27-29-30-33-35-38-41-44-47-53(62)69-50-52(71-54(63)48-45-42-39-37-34-31-28-25-23-20-17-14-11-8-5-2)51-70-61-59(57(66)56(65)58(73-61)60(67)68)72-55(64)49-46-43-40-36-32-21-18-15-12-9-6-3/h24,26,52,56-59,61,65-66H,4-23,25,27-51H2,1-3H3,(H,67,68)/b26-24-. The summed E-state index contributed by atoms with van der Waals surface area (Å²) in [6, 6.07) is 0. The Bertz CT molecular complexity index is 1320. The lowest BCUT2D eigenvalue weighted by molar-refractivity contribution is -0.301. The normalized spacial score (nSPS) is 18.3. The summed E-state index contributed by atoms with van der Waals surface area (Å²) in [5.74, 6) is -3.08. The number of carbonyl (C=O) groups excluding carboxylic acids is 3. The molecule has 0 aromatic rings. The topological polar surface area (TPSA) is 175 Å². The second-order valence-electron chi connectivity index (χ2n) is 21.4. The van der Waals surface area contributed by atoms with Gasteiger partial charge in [-0.15, -0.1) is 0 Å². The Balaban J connectivity index is 2.66. The van der Waals surface area contributed by atoms with Crippen LogP contribution in [0.3, 0.4) is 0 Å². The van der Waals surface area contributed by atoms with Crippen molar-refractivity contribution >= 4 is 23.9 Å². The Morgan fingerprint density at radius 3 is 1.16 bits per heavy atom. The third kappa shape index (κ3) is 40.4. The van der Waals surface area contributed by atoms with Crippen molar-refractivity contribution in [2.45, 2.75) is 340 Å². The smallest absolute Gasteiger partial charge is 0.335 e. The molecule has 1 heterocycles. The molecule has 0 aromatic heterocycles. The van der Waals surface area contributed by atoms with Gasteiger partial charge in [0, 0.05) is 19.3 Å². The molecule has 428 valence electrons. The lowest BCUT2D eigenvalue weighted by Gasteiger charge is -2.40. The fourth-order valence-electron chi connectivity index (χ4n) is 9.60. The summed E-state index contributed by atoms with van der Waals surface area (Å²) in [4.78, 5) is 51.1. The summed E-state index contributed by atoms with van der Waals surface area (Å²) >= 11 is 0. The van der Waals surface area contributed by atoms with Crippen LogP contribution in [0.2, 0.25) is 0 Å². The minimum Gasteiger partial charge on any atom is -0.479 e. The number of unbranched alkanes of at least 4 members (excludes halogenated alkanes) is 37. The molecule has 0 spiro atoms. The molecule has 0 radical (unpaired) electrons. The van der Waals surface area contributed by atoms with E-state index < -0.39 is 67.3 Å². The second kappa shape index (κ2) is 50.3. The van der Waals surface area contributed by atoms with Crippen LogP contribution in [0.1, 0.15) is 303 Å². The Morgan fingerprint density at radius 1 is 0.438 bits per heavy atom. The molecule has 3 N–H and O–H groups in total. The predicted octanol–water partition coefficient (Wildman–Crippen LogP) is 15.7. The average Bonchev–Trinajstić information content (AvgIpc) is 3.37. The third-order valence-corrected chi connectivity index (χ3v) is 14.3. The van der Waals surface area contributed by atoms with Crippen LogP contribution >= 0.6 is 0 Å². The Hall–Kier alpha value is -2.54. The van der Waals surface area contributed by atoms with Crippen molar-refractivity contribution in [3.8, 4) is 0 Å². The van der Waals surface area contributed by atoms with E-state index in [1.807, 2.05) is 0 Å². The predicted molar refractivity (Wildman–Crippen MR) is 294 cm³/mol.